The Hall–Kier alpha value is -3.66. The molecule has 0 atom stereocenters. The molecule has 0 bridgehead atoms. The maximum atomic E-state index is 10.8. The van der Waals surface area contributed by atoms with Gasteiger partial charge in [0.15, 0.2) is 5.76 Å². The summed E-state index contributed by atoms with van der Waals surface area (Å²) < 4.78 is 5.30. The molecule has 7 heteroatoms. The molecule has 2 aromatic carbocycles. The highest BCUT2D eigenvalue weighted by Crippen LogP contribution is 2.23. The number of hydrogen-bond donors (Lipinski definition) is 1. The molecule has 1 N–H and O–H groups in total. The van der Waals surface area contributed by atoms with Crippen molar-refractivity contribution < 1.29 is 9.45 Å². The highest BCUT2D eigenvalue weighted by molar-refractivity contribution is 5.59. The molecule has 1 heterocycles. The van der Waals surface area contributed by atoms with Gasteiger partial charge in [0.1, 0.15) is 17.3 Å². The minimum Gasteiger partial charge on any atom is -0.379 e. The predicted molar refractivity (Wildman–Crippen MR) is 87.1 cm³/mol. The molecule has 0 saturated heterocycles. The number of nitriles is 1. The number of benzene rings is 2. The van der Waals surface area contributed by atoms with E-state index in [-0.39, 0.29) is 11.3 Å². The van der Waals surface area contributed by atoms with Crippen molar-refractivity contribution in [3.8, 4) is 17.4 Å². The number of rotatable bonds is 5. The van der Waals surface area contributed by atoms with Gasteiger partial charge in [0.05, 0.1) is 11.5 Å². The summed E-state index contributed by atoms with van der Waals surface area (Å²) in [5.41, 5.74) is 2.01. The van der Waals surface area contributed by atoms with Gasteiger partial charge in [0.2, 0.25) is 0 Å². The number of nitrogens with zero attached hydrogens (tertiary/aromatic N) is 3. The quantitative estimate of drug-likeness (QED) is 0.567. The number of hydrogen-bond acceptors (Lipinski definition) is 6. The molecule has 0 aliphatic carbocycles. The van der Waals surface area contributed by atoms with Crippen LogP contribution in [0, 0.1) is 21.4 Å². The van der Waals surface area contributed by atoms with E-state index < -0.39 is 4.92 Å². The first-order valence-corrected chi connectivity index (χ1v) is 7.11. The molecule has 0 amide bonds. The van der Waals surface area contributed by atoms with Crippen molar-refractivity contribution in [1.29, 1.82) is 5.26 Å². The fraction of sp³-hybridized carbons (Fsp3) is 0.0588. The van der Waals surface area contributed by atoms with Crippen LogP contribution in [0.1, 0.15) is 11.3 Å². The van der Waals surface area contributed by atoms with Gasteiger partial charge < -0.3 is 9.84 Å². The predicted octanol–water partition coefficient (Wildman–Crippen LogP) is 3.73. The van der Waals surface area contributed by atoms with Gasteiger partial charge in [-0.15, -0.1) is 0 Å². The fourth-order valence-electron chi connectivity index (χ4n) is 2.22. The third-order valence-electron chi connectivity index (χ3n) is 3.40. The van der Waals surface area contributed by atoms with Gasteiger partial charge in [-0.05, 0) is 12.1 Å². The topological polar surface area (TPSA) is 105 Å². The Morgan fingerprint density at radius 3 is 2.71 bits per heavy atom. The molecule has 3 aromatic rings. The maximum absolute atomic E-state index is 10.8. The number of nitro benzene ring substituents is 1. The molecule has 118 valence electrons. The lowest BCUT2D eigenvalue weighted by Crippen LogP contribution is -2.01. The summed E-state index contributed by atoms with van der Waals surface area (Å²) in [5.74, 6) is 0.661. The Balaban J connectivity index is 1.72. The van der Waals surface area contributed by atoms with E-state index in [2.05, 4.69) is 10.5 Å². The van der Waals surface area contributed by atoms with Gasteiger partial charge in [-0.1, -0.05) is 35.5 Å². The molecule has 7 nitrogen and oxygen atoms in total. The average molecular weight is 320 g/mol. The lowest BCUT2D eigenvalue weighted by atomic mass is 10.1. The van der Waals surface area contributed by atoms with Crippen molar-refractivity contribution in [1.82, 2.24) is 5.16 Å². The van der Waals surface area contributed by atoms with Crippen LogP contribution in [-0.2, 0) is 6.54 Å². The Labute approximate surface area is 137 Å². The average Bonchev–Trinajstić information content (AvgIpc) is 3.09. The van der Waals surface area contributed by atoms with Gasteiger partial charge in [-0.2, -0.15) is 5.26 Å². The zero-order valence-corrected chi connectivity index (χ0v) is 12.5. The smallest absolute Gasteiger partial charge is 0.287 e. The van der Waals surface area contributed by atoms with E-state index in [1.54, 1.807) is 6.07 Å². The lowest BCUT2D eigenvalue weighted by Gasteiger charge is -2.04. The van der Waals surface area contributed by atoms with E-state index in [0.29, 0.717) is 23.7 Å². The second-order valence-corrected chi connectivity index (χ2v) is 5.00. The summed E-state index contributed by atoms with van der Waals surface area (Å²) in [6.07, 6.45) is 0. The number of anilines is 1. The molecule has 1 aromatic heterocycles. The van der Waals surface area contributed by atoms with E-state index in [1.165, 1.54) is 12.1 Å². The van der Waals surface area contributed by atoms with Crippen LogP contribution in [0.2, 0.25) is 0 Å². The molecule has 0 saturated carbocycles. The second kappa shape index (κ2) is 6.62. The highest BCUT2D eigenvalue weighted by atomic mass is 16.6. The molecule has 3 rings (SSSR count). The van der Waals surface area contributed by atoms with Crippen LogP contribution < -0.4 is 5.32 Å². The van der Waals surface area contributed by atoms with E-state index in [1.807, 2.05) is 42.5 Å². The number of aromatic nitrogens is 1. The summed E-state index contributed by atoms with van der Waals surface area (Å²) in [6, 6.07) is 17.5. The monoisotopic (exact) mass is 320 g/mol. The highest BCUT2D eigenvalue weighted by Gasteiger charge is 2.14. The normalized spacial score (nSPS) is 10.1. The molecule has 0 radical (unpaired) electrons. The second-order valence-electron chi connectivity index (χ2n) is 5.00. The van der Waals surface area contributed by atoms with Gasteiger partial charge in [0, 0.05) is 23.4 Å². The molecule has 0 aliphatic rings. The summed E-state index contributed by atoms with van der Waals surface area (Å²) >= 11 is 0. The Bertz CT molecular complexity index is 913. The Morgan fingerprint density at radius 2 is 2.00 bits per heavy atom. The molecule has 24 heavy (non-hydrogen) atoms. The summed E-state index contributed by atoms with van der Waals surface area (Å²) in [7, 11) is 0. The minimum absolute atomic E-state index is 0.00938. The van der Waals surface area contributed by atoms with Crippen LogP contribution in [0.15, 0.2) is 59.1 Å². The van der Waals surface area contributed by atoms with E-state index >= 15 is 0 Å². The van der Waals surface area contributed by atoms with Crippen molar-refractivity contribution in [2.45, 2.75) is 6.54 Å². The fourth-order valence-corrected chi connectivity index (χ4v) is 2.22. The third kappa shape index (κ3) is 3.23. The number of nitrogens with one attached hydrogen (secondary N) is 1. The number of nitro groups is 1. The SMILES string of the molecule is N#Cc1cc(NCc2cc(-c3ccccc3)on2)ccc1[N+](=O)[O-]. The molecular formula is C17H12N4O3. The van der Waals surface area contributed by atoms with Crippen molar-refractivity contribution >= 4 is 11.4 Å². The van der Waals surface area contributed by atoms with Crippen LogP contribution in [0.3, 0.4) is 0 Å². The van der Waals surface area contributed by atoms with E-state index in [0.717, 1.165) is 5.56 Å². The van der Waals surface area contributed by atoms with Gasteiger partial charge in [0.25, 0.3) is 5.69 Å². The van der Waals surface area contributed by atoms with E-state index in [9.17, 15) is 10.1 Å². The van der Waals surface area contributed by atoms with Crippen molar-refractivity contribution in [2.75, 3.05) is 5.32 Å². The third-order valence-corrected chi connectivity index (χ3v) is 3.40. The Kier molecular flexibility index (Phi) is 4.21. The zero-order valence-electron chi connectivity index (χ0n) is 12.5. The Morgan fingerprint density at radius 1 is 1.21 bits per heavy atom. The van der Waals surface area contributed by atoms with Crippen molar-refractivity contribution in [2.24, 2.45) is 0 Å². The summed E-state index contributed by atoms with van der Waals surface area (Å²) in [6.45, 7) is 0.374. The van der Waals surface area contributed by atoms with E-state index in [4.69, 9.17) is 9.78 Å². The van der Waals surface area contributed by atoms with Gasteiger partial charge >= 0.3 is 0 Å². The van der Waals surface area contributed by atoms with Crippen LogP contribution in [0.5, 0.6) is 0 Å². The molecule has 0 fully saturated rings. The van der Waals surface area contributed by atoms with Gasteiger partial charge in [-0.3, -0.25) is 10.1 Å². The standard InChI is InChI=1S/C17H12N4O3/c18-10-13-8-14(6-7-16(13)21(22)23)19-11-15-9-17(24-20-15)12-4-2-1-3-5-12/h1-9,19H,11H2. The first kappa shape index (κ1) is 15.2. The van der Waals surface area contributed by atoms with Crippen LogP contribution in [0.25, 0.3) is 11.3 Å². The van der Waals surface area contributed by atoms with Crippen molar-refractivity contribution in [3.05, 3.63) is 76.0 Å². The molecule has 0 aliphatic heterocycles. The largest absolute Gasteiger partial charge is 0.379 e. The minimum atomic E-state index is -0.577. The first-order chi connectivity index (χ1) is 11.7. The first-order valence-electron chi connectivity index (χ1n) is 7.11. The maximum Gasteiger partial charge on any atom is 0.287 e. The summed E-state index contributed by atoms with van der Waals surface area (Å²) in [5, 5.41) is 26.9. The molecular weight excluding hydrogens is 308 g/mol. The van der Waals surface area contributed by atoms with Crippen LogP contribution in [-0.4, -0.2) is 10.1 Å². The molecule has 0 spiro atoms. The van der Waals surface area contributed by atoms with Crippen LogP contribution in [0.4, 0.5) is 11.4 Å². The van der Waals surface area contributed by atoms with Crippen LogP contribution >= 0.6 is 0 Å². The van der Waals surface area contributed by atoms with Gasteiger partial charge in [-0.25, -0.2) is 0 Å². The summed E-state index contributed by atoms with van der Waals surface area (Å²) in [4.78, 5) is 10.2. The van der Waals surface area contributed by atoms with Crippen molar-refractivity contribution in [3.63, 3.8) is 0 Å². The zero-order chi connectivity index (χ0) is 16.9. The lowest BCUT2D eigenvalue weighted by molar-refractivity contribution is -0.385. The molecule has 0 unspecified atom stereocenters.